The summed E-state index contributed by atoms with van der Waals surface area (Å²) in [6, 6.07) is 2.74. The van der Waals surface area contributed by atoms with E-state index in [0.29, 0.717) is 6.07 Å². The fourth-order valence-corrected chi connectivity index (χ4v) is 2.94. The first-order valence-corrected chi connectivity index (χ1v) is 7.21. The Morgan fingerprint density at radius 1 is 1.35 bits per heavy atom. The molecule has 0 saturated carbocycles. The van der Waals surface area contributed by atoms with Crippen LogP contribution in [0, 0.1) is 14.9 Å². The number of nitriles is 1. The lowest BCUT2D eigenvalue weighted by Crippen LogP contribution is -2.12. The molecular weight excluding hydrogens is 394 g/mol. The van der Waals surface area contributed by atoms with Crippen LogP contribution < -0.4 is 0 Å². The summed E-state index contributed by atoms with van der Waals surface area (Å²) < 4.78 is 59.9. The molecule has 0 aliphatic rings. The molecule has 0 aliphatic carbocycles. The quantitative estimate of drug-likeness (QED) is 0.542. The highest BCUT2D eigenvalue weighted by Gasteiger charge is 2.37. The van der Waals surface area contributed by atoms with Crippen LogP contribution in [0.25, 0.3) is 0 Å². The largest absolute Gasteiger partial charge is 0.417 e. The molecule has 0 atom stereocenters. The molecule has 0 unspecified atom stereocenters. The van der Waals surface area contributed by atoms with Crippen molar-refractivity contribution in [1.29, 1.82) is 5.26 Å². The van der Waals surface area contributed by atoms with Crippen molar-refractivity contribution < 1.29 is 21.6 Å². The molecule has 0 heterocycles. The lowest BCUT2D eigenvalue weighted by atomic mass is 10.1. The lowest BCUT2D eigenvalue weighted by molar-refractivity contribution is -0.139. The zero-order valence-electron chi connectivity index (χ0n) is 7.72. The van der Waals surface area contributed by atoms with Crippen molar-refractivity contribution >= 4 is 42.3 Å². The first kappa shape index (κ1) is 14.5. The van der Waals surface area contributed by atoms with E-state index in [1.807, 2.05) is 0 Å². The van der Waals surface area contributed by atoms with Crippen molar-refractivity contribution in [1.82, 2.24) is 0 Å². The summed E-state index contributed by atoms with van der Waals surface area (Å²) in [6.07, 6.45) is -4.90. The van der Waals surface area contributed by atoms with Crippen molar-refractivity contribution in [3.63, 3.8) is 0 Å². The maximum atomic E-state index is 12.6. The highest BCUT2D eigenvalue weighted by molar-refractivity contribution is 14.1. The van der Waals surface area contributed by atoms with E-state index in [4.69, 9.17) is 15.9 Å². The lowest BCUT2D eigenvalue weighted by Gasteiger charge is -2.11. The van der Waals surface area contributed by atoms with Gasteiger partial charge in [-0.15, -0.1) is 0 Å². The third-order valence-electron chi connectivity index (χ3n) is 1.76. The molecule has 0 fully saturated rings. The molecular formula is C8H2ClF3INO2S. The highest BCUT2D eigenvalue weighted by atomic mass is 127. The van der Waals surface area contributed by atoms with Crippen molar-refractivity contribution in [2.75, 3.05) is 0 Å². The second-order valence-electron chi connectivity index (χ2n) is 2.88. The summed E-state index contributed by atoms with van der Waals surface area (Å²) in [5, 5.41) is 8.60. The van der Waals surface area contributed by atoms with Crippen molar-refractivity contribution in [2.45, 2.75) is 11.1 Å². The molecule has 1 aromatic carbocycles. The van der Waals surface area contributed by atoms with Gasteiger partial charge in [0.15, 0.2) is 0 Å². The normalized spacial score (nSPS) is 12.2. The van der Waals surface area contributed by atoms with E-state index in [-0.39, 0.29) is 9.13 Å². The number of hydrogen-bond donors (Lipinski definition) is 0. The topological polar surface area (TPSA) is 57.9 Å². The van der Waals surface area contributed by atoms with Crippen LogP contribution in [-0.4, -0.2) is 8.42 Å². The van der Waals surface area contributed by atoms with Gasteiger partial charge in [0, 0.05) is 14.3 Å². The van der Waals surface area contributed by atoms with Crippen LogP contribution in [0.1, 0.15) is 11.1 Å². The third kappa shape index (κ3) is 3.23. The first-order valence-electron chi connectivity index (χ1n) is 3.83. The summed E-state index contributed by atoms with van der Waals surface area (Å²) in [5.41, 5.74) is -1.70. The molecule has 0 bridgehead atoms. The van der Waals surface area contributed by atoms with Gasteiger partial charge in [-0.1, -0.05) is 0 Å². The Labute approximate surface area is 113 Å². The van der Waals surface area contributed by atoms with Crippen molar-refractivity contribution in [3.05, 3.63) is 26.8 Å². The van der Waals surface area contributed by atoms with E-state index in [1.165, 1.54) is 0 Å². The highest BCUT2D eigenvalue weighted by Crippen LogP contribution is 2.37. The Balaban J connectivity index is 3.73. The fraction of sp³-hybridized carbons (Fsp3) is 0.125. The summed E-state index contributed by atoms with van der Waals surface area (Å²) in [5.74, 6) is 0. The van der Waals surface area contributed by atoms with Crippen LogP contribution in [0.3, 0.4) is 0 Å². The SMILES string of the molecule is N#Cc1cc(C(F)(F)F)c(S(=O)(=O)Cl)cc1I. The predicted molar refractivity (Wildman–Crippen MR) is 61.9 cm³/mol. The number of rotatable bonds is 1. The molecule has 17 heavy (non-hydrogen) atoms. The molecule has 0 aromatic heterocycles. The Kier molecular flexibility index (Phi) is 3.95. The van der Waals surface area contributed by atoms with Crippen molar-refractivity contribution in [3.8, 4) is 6.07 Å². The Morgan fingerprint density at radius 2 is 1.88 bits per heavy atom. The van der Waals surface area contributed by atoms with E-state index in [0.717, 1.165) is 6.07 Å². The Morgan fingerprint density at radius 3 is 2.24 bits per heavy atom. The minimum atomic E-state index is -4.90. The molecule has 0 N–H and O–H groups in total. The summed E-state index contributed by atoms with van der Waals surface area (Å²) in [6.45, 7) is 0. The maximum absolute atomic E-state index is 12.6. The van der Waals surface area contributed by atoms with Crippen LogP contribution in [0.4, 0.5) is 13.2 Å². The van der Waals surface area contributed by atoms with Crippen LogP contribution in [0.2, 0.25) is 0 Å². The van der Waals surface area contributed by atoms with Gasteiger partial charge in [0.1, 0.15) is 6.07 Å². The zero-order chi connectivity index (χ0) is 13.4. The maximum Gasteiger partial charge on any atom is 0.417 e. The molecule has 0 aliphatic heterocycles. The smallest absolute Gasteiger partial charge is 0.207 e. The Hall–Kier alpha value is -0.530. The van der Waals surface area contributed by atoms with E-state index >= 15 is 0 Å². The summed E-state index contributed by atoms with van der Waals surface area (Å²) in [4.78, 5) is -1.05. The van der Waals surface area contributed by atoms with Crippen LogP contribution in [0.5, 0.6) is 0 Å². The van der Waals surface area contributed by atoms with Crippen LogP contribution in [0.15, 0.2) is 17.0 Å². The zero-order valence-corrected chi connectivity index (χ0v) is 11.4. The molecule has 1 rings (SSSR count). The standard InChI is InChI=1S/C8H2ClF3INO2S/c9-17(15,16)7-2-6(13)4(3-14)1-5(7)8(10,11)12/h1-2H. The van der Waals surface area contributed by atoms with Gasteiger partial charge in [-0.25, -0.2) is 8.42 Å². The second-order valence-corrected chi connectivity index (χ2v) is 6.57. The van der Waals surface area contributed by atoms with Crippen LogP contribution in [-0.2, 0) is 15.2 Å². The van der Waals surface area contributed by atoms with Gasteiger partial charge >= 0.3 is 6.18 Å². The van der Waals surface area contributed by atoms with Gasteiger partial charge < -0.3 is 0 Å². The molecule has 92 valence electrons. The van der Waals surface area contributed by atoms with E-state index in [9.17, 15) is 21.6 Å². The van der Waals surface area contributed by atoms with E-state index in [1.54, 1.807) is 28.7 Å². The fourth-order valence-electron chi connectivity index (χ4n) is 1.06. The predicted octanol–water partition coefficient (Wildman–Crippen LogP) is 3.11. The van der Waals surface area contributed by atoms with Crippen molar-refractivity contribution in [2.24, 2.45) is 0 Å². The molecule has 0 spiro atoms. The molecule has 0 amide bonds. The van der Waals surface area contributed by atoms with E-state index in [2.05, 4.69) is 0 Å². The van der Waals surface area contributed by atoms with Gasteiger partial charge in [-0.3, -0.25) is 0 Å². The van der Waals surface area contributed by atoms with Gasteiger partial charge in [-0.05, 0) is 34.7 Å². The summed E-state index contributed by atoms with van der Waals surface area (Å²) >= 11 is 1.56. The molecule has 1 aromatic rings. The molecule has 0 radical (unpaired) electrons. The molecule has 9 heteroatoms. The van der Waals surface area contributed by atoms with Crippen LogP contribution >= 0.6 is 33.3 Å². The number of alkyl halides is 3. The number of nitrogens with zero attached hydrogens (tertiary/aromatic N) is 1. The second kappa shape index (κ2) is 4.62. The number of hydrogen-bond acceptors (Lipinski definition) is 3. The average Bonchev–Trinajstić information content (AvgIpc) is 2.14. The number of benzene rings is 1. The van der Waals surface area contributed by atoms with Gasteiger partial charge in [0.2, 0.25) is 0 Å². The minimum Gasteiger partial charge on any atom is -0.207 e. The Bertz CT molecular complexity index is 606. The average molecular weight is 396 g/mol. The van der Waals surface area contributed by atoms with Gasteiger partial charge in [0.25, 0.3) is 9.05 Å². The first-order chi connectivity index (χ1) is 7.57. The third-order valence-corrected chi connectivity index (χ3v) is 4.01. The van der Waals surface area contributed by atoms with Gasteiger partial charge in [-0.2, -0.15) is 18.4 Å². The van der Waals surface area contributed by atoms with Gasteiger partial charge in [0.05, 0.1) is 16.0 Å². The molecule has 3 nitrogen and oxygen atoms in total. The molecule has 0 saturated heterocycles. The van der Waals surface area contributed by atoms with E-state index < -0.39 is 25.7 Å². The summed E-state index contributed by atoms with van der Waals surface area (Å²) in [7, 11) is 0.397. The minimum absolute atomic E-state index is 0.0809. The monoisotopic (exact) mass is 395 g/mol. The number of halogens is 5.